The molecule has 1 saturated heterocycles. The van der Waals surface area contributed by atoms with Gasteiger partial charge in [0.1, 0.15) is 24.4 Å². The smallest absolute Gasteiger partial charge is 0.311 e. The lowest BCUT2D eigenvalue weighted by Crippen LogP contribution is -2.64. The molecule has 1 aliphatic rings. The molecule has 12 nitrogen and oxygen atoms in total. The first-order valence-electron chi connectivity index (χ1n) is 13.5. The fourth-order valence-corrected chi connectivity index (χ4v) is 4.01. The molecular weight excluding hydrogens is 524 g/mol. The highest BCUT2D eigenvalue weighted by molar-refractivity contribution is 5.82. The number of rotatable bonds is 15. The zero-order valence-corrected chi connectivity index (χ0v) is 23.2. The average Bonchev–Trinajstić information content (AvgIpc) is 2.92. The molecule has 0 aliphatic carbocycles. The summed E-state index contributed by atoms with van der Waals surface area (Å²) < 4.78 is 15.6. The number of nitrogens with one attached hydrogen (secondary N) is 2. The Bertz CT molecular complexity index is 999. The molecule has 6 N–H and O–H groups in total. The van der Waals surface area contributed by atoms with Gasteiger partial charge < -0.3 is 45.3 Å². The summed E-state index contributed by atoms with van der Waals surface area (Å²) in [5, 5.41) is 44.3. The first kappa shape index (κ1) is 33.2. The second kappa shape index (κ2) is 16.9. The minimum atomic E-state index is -1.66. The first-order chi connectivity index (χ1) is 19.0. The van der Waals surface area contributed by atoms with E-state index < -0.39 is 49.1 Å². The first-order valence-corrected chi connectivity index (χ1v) is 13.5. The van der Waals surface area contributed by atoms with E-state index in [1.54, 1.807) is 12.1 Å². The molecule has 0 spiro atoms. The van der Waals surface area contributed by atoms with Crippen LogP contribution in [0.1, 0.15) is 57.9 Å². The van der Waals surface area contributed by atoms with Crippen LogP contribution >= 0.6 is 0 Å². The van der Waals surface area contributed by atoms with E-state index >= 15 is 0 Å². The van der Waals surface area contributed by atoms with Gasteiger partial charge >= 0.3 is 5.97 Å². The van der Waals surface area contributed by atoms with Crippen molar-refractivity contribution in [2.75, 3.05) is 13.7 Å². The number of esters is 1. The van der Waals surface area contributed by atoms with Gasteiger partial charge in [0.05, 0.1) is 20.1 Å². The normalized spacial score (nSPS) is 22.8. The lowest BCUT2D eigenvalue weighted by Gasteiger charge is -2.40. The van der Waals surface area contributed by atoms with E-state index in [-0.39, 0.29) is 36.8 Å². The monoisotopic (exact) mass is 566 g/mol. The van der Waals surface area contributed by atoms with Gasteiger partial charge in [-0.1, -0.05) is 32.1 Å². The Labute approximate surface area is 234 Å². The molecule has 1 aromatic rings. The molecule has 0 aromatic heterocycles. The molecule has 2 amide bonds. The molecule has 0 saturated carbocycles. The predicted molar refractivity (Wildman–Crippen MR) is 144 cm³/mol. The molecule has 12 heteroatoms. The Hall–Kier alpha value is -3.03. The number of aliphatic hydroxyl groups excluding tert-OH is 4. The Morgan fingerprint density at radius 1 is 1.02 bits per heavy atom. The second-order valence-corrected chi connectivity index (χ2v) is 9.98. The standard InChI is InChI=1S/C28H42N2O10/c1-17(2)8-6-4-5-7-9-22(32)29-15-18-10-11-19(20(14-18)38-3)39-24(34)13-12-23(33)30-25-27(36)26(35)21(16-31)40-28(25)37/h6,8,10-11,14,17,21,25-28,31,35-37H,4-5,7,9,12-13,15-16H2,1-3H3,(H,29,32)(H,30,33)/b8-6+/t21-,25-,26-,27-,28+/m1/s1. The van der Waals surface area contributed by atoms with Gasteiger partial charge in [-0.3, -0.25) is 14.4 Å². The number of methoxy groups -OCH3 is 1. The molecule has 5 atom stereocenters. The van der Waals surface area contributed by atoms with Crippen molar-refractivity contribution in [3.63, 3.8) is 0 Å². The van der Waals surface area contributed by atoms with Gasteiger partial charge in [-0.05, 0) is 42.9 Å². The number of hydrogen-bond donors (Lipinski definition) is 6. The number of hydrogen-bond acceptors (Lipinski definition) is 10. The molecule has 40 heavy (non-hydrogen) atoms. The third-order valence-corrected chi connectivity index (χ3v) is 6.27. The average molecular weight is 567 g/mol. The number of aliphatic hydroxyl groups is 4. The van der Waals surface area contributed by atoms with Crippen molar-refractivity contribution in [1.82, 2.24) is 10.6 Å². The highest BCUT2D eigenvalue weighted by atomic mass is 16.6. The van der Waals surface area contributed by atoms with Crippen molar-refractivity contribution in [3.05, 3.63) is 35.9 Å². The summed E-state index contributed by atoms with van der Waals surface area (Å²) in [5.74, 6) is -0.526. The van der Waals surface area contributed by atoms with Crippen molar-refractivity contribution < 1.29 is 49.0 Å². The van der Waals surface area contributed by atoms with E-state index in [2.05, 4.69) is 36.6 Å². The lowest BCUT2D eigenvalue weighted by atomic mass is 9.97. The Kier molecular flexibility index (Phi) is 14.0. The number of ether oxygens (including phenoxy) is 3. The van der Waals surface area contributed by atoms with Gasteiger partial charge in [-0.15, -0.1) is 0 Å². The molecule has 1 fully saturated rings. The molecule has 0 bridgehead atoms. The summed E-state index contributed by atoms with van der Waals surface area (Å²) in [4.78, 5) is 36.7. The largest absolute Gasteiger partial charge is 0.493 e. The van der Waals surface area contributed by atoms with E-state index in [1.807, 2.05) is 0 Å². The van der Waals surface area contributed by atoms with Gasteiger partial charge in [0.25, 0.3) is 0 Å². The van der Waals surface area contributed by atoms with Gasteiger partial charge in [-0.25, -0.2) is 0 Å². The number of amides is 2. The van der Waals surface area contributed by atoms with E-state index in [1.165, 1.54) is 13.2 Å². The molecule has 2 rings (SSSR count). The third kappa shape index (κ3) is 10.9. The molecule has 1 aliphatic heterocycles. The fourth-order valence-electron chi connectivity index (χ4n) is 4.01. The highest BCUT2D eigenvalue weighted by Crippen LogP contribution is 2.28. The highest BCUT2D eigenvalue weighted by Gasteiger charge is 2.44. The second-order valence-electron chi connectivity index (χ2n) is 9.98. The molecule has 1 aromatic carbocycles. The van der Waals surface area contributed by atoms with Crippen LogP contribution in [0.25, 0.3) is 0 Å². The zero-order valence-electron chi connectivity index (χ0n) is 23.2. The summed E-state index contributed by atoms with van der Waals surface area (Å²) in [7, 11) is 1.41. The minimum Gasteiger partial charge on any atom is -0.493 e. The van der Waals surface area contributed by atoms with Crippen molar-refractivity contribution >= 4 is 17.8 Å². The summed E-state index contributed by atoms with van der Waals surface area (Å²) in [6, 6.07) is 3.51. The molecule has 0 unspecified atom stereocenters. The molecule has 1 heterocycles. The van der Waals surface area contributed by atoms with Gasteiger partial charge in [0, 0.05) is 19.4 Å². The number of allylic oxidation sites excluding steroid dienone is 2. The van der Waals surface area contributed by atoms with Crippen molar-refractivity contribution in [1.29, 1.82) is 0 Å². The third-order valence-electron chi connectivity index (χ3n) is 6.27. The van der Waals surface area contributed by atoms with Crippen LogP contribution < -0.4 is 20.1 Å². The van der Waals surface area contributed by atoms with Crippen LogP contribution in [-0.4, -0.2) is 82.6 Å². The van der Waals surface area contributed by atoms with Gasteiger partial charge in [0.15, 0.2) is 17.8 Å². The topological polar surface area (TPSA) is 184 Å². The van der Waals surface area contributed by atoms with E-state index in [0.29, 0.717) is 12.3 Å². The maximum Gasteiger partial charge on any atom is 0.311 e. The van der Waals surface area contributed by atoms with Crippen molar-refractivity contribution in [2.45, 2.75) is 89.6 Å². The van der Waals surface area contributed by atoms with Gasteiger partial charge in [0.2, 0.25) is 11.8 Å². The van der Waals surface area contributed by atoms with Crippen molar-refractivity contribution in [3.8, 4) is 11.5 Å². The summed E-state index contributed by atoms with van der Waals surface area (Å²) >= 11 is 0. The summed E-state index contributed by atoms with van der Waals surface area (Å²) in [5.41, 5.74) is 0.752. The van der Waals surface area contributed by atoms with Crippen LogP contribution in [0.5, 0.6) is 11.5 Å². The van der Waals surface area contributed by atoms with E-state index in [4.69, 9.17) is 19.3 Å². The number of carbonyl (C=O) groups excluding carboxylic acids is 3. The molecular formula is C28H42N2O10. The van der Waals surface area contributed by atoms with Crippen LogP contribution in [0.3, 0.4) is 0 Å². The fraction of sp³-hybridized carbons (Fsp3) is 0.607. The van der Waals surface area contributed by atoms with E-state index in [9.17, 15) is 29.7 Å². The van der Waals surface area contributed by atoms with Crippen molar-refractivity contribution in [2.24, 2.45) is 5.92 Å². The maximum atomic E-state index is 12.3. The summed E-state index contributed by atoms with van der Waals surface area (Å²) in [6.07, 6.45) is 0.823. The molecule has 0 radical (unpaired) electrons. The van der Waals surface area contributed by atoms with Crippen LogP contribution in [0, 0.1) is 5.92 Å². The Balaban J connectivity index is 1.77. The predicted octanol–water partition coefficient (Wildman–Crippen LogP) is 0.686. The Morgan fingerprint density at radius 3 is 2.45 bits per heavy atom. The SMILES string of the molecule is COc1cc(CNC(=O)CCCC/C=C/C(C)C)ccc1OC(=O)CCC(=O)N[C@@H]1[C@@H](O)[C@H](O)[C@@H](CO)O[C@@H]1O. The Morgan fingerprint density at radius 2 is 1.77 bits per heavy atom. The zero-order chi connectivity index (χ0) is 29.7. The lowest BCUT2D eigenvalue weighted by molar-refractivity contribution is -0.253. The number of carbonyl (C=O) groups is 3. The number of benzene rings is 1. The minimum absolute atomic E-state index is 0.0527. The quantitative estimate of drug-likeness (QED) is 0.0764. The molecule has 224 valence electrons. The van der Waals surface area contributed by atoms with Crippen LogP contribution in [0.4, 0.5) is 0 Å². The van der Waals surface area contributed by atoms with Crippen LogP contribution in [-0.2, 0) is 25.7 Å². The maximum absolute atomic E-state index is 12.3. The van der Waals surface area contributed by atoms with Crippen LogP contribution in [0.15, 0.2) is 30.4 Å². The number of unbranched alkanes of at least 4 members (excludes halogenated alkanes) is 2. The van der Waals surface area contributed by atoms with E-state index in [0.717, 1.165) is 24.8 Å². The van der Waals surface area contributed by atoms with Gasteiger partial charge in [-0.2, -0.15) is 0 Å². The van der Waals surface area contributed by atoms with Crippen LogP contribution in [0.2, 0.25) is 0 Å². The summed E-state index contributed by atoms with van der Waals surface area (Å²) in [6.45, 7) is 3.90.